The van der Waals surface area contributed by atoms with Crippen molar-refractivity contribution in [1.29, 1.82) is 0 Å². The van der Waals surface area contributed by atoms with Gasteiger partial charge in [-0.3, -0.25) is 4.79 Å². The summed E-state index contributed by atoms with van der Waals surface area (Å²) < 4.78 is 2.17. The summed E-state index contributed by atoms with van der Waals surface area (Å²) in [6.07, 6.45) is 6.46. The lowest BCUT2D eigenvalue weighted by Gasteiger charge is -2.32. The first-order valence-electron chi connectivity index (χ1n) is 8.99. The average molecular weight is 385 g/mol. The van der Waals surface area contributed by atoms with Gasteiger partial charge in [-0.05, 0) is 31.4 Å². The number of carbonyl (C=O) groups excluding carboxylic acids is 1. The topological polar surface area (TPSA) is 51.0 Å². The SMILES string of the molecule is Cc1nc(-c2cc3c(s2)CCN(C(=O)C2CCn4cncc4C2)C3)cs1. The summed E-state index contributed by atoms with van der Waals surface area (Å²) in [5.74, 6) is 0.403. The van der Waals surface area contributed by atoms with Crippen LogP contribution in [0.1, 0.15) is 27.6 Å². The third-order valence-corrected chi connectivity index (χ3v) is 7.40. The van der Waals surface area contributed by atoms with Crippen molar-refractivity contribution in [2.75, 3.05) is 6.54 Å². The van der Waals surface area contributed by atoms with Crippen LogP contribution in [0.5, 0.6) is 0 Å². The van der Waals surface area contributed by atoms with Gasteiger partial charge in [0.15, 0.2) is 0 Å². The molecular weight excluding hydrogens is 364 g/mol. The second-order valence-electron chi connectivity index (χ2n) is 7.09. The van der Waals surface area contributed by atoms with E-state index in [1.54, 1.807) is 11.3 Å². The molecule has 1 atom stereocenters. The van der Waals surface area contributed by atoms with Gasteiger partial charge in [-0.25, -0.2) is 9.97 Å². The van der Waals surface area contributed by atoms with Gasteiger partial charge >= 0.3 is 0 Å². The number of nitrogens with zero attached hydrogens (tertiary/aromatic N) is 4. The Kier molecular flexibility index (Phi) is 3.94. The molecule has 5 nitrogen and oxygen atoms in total. The quantitative estimate of drug-likeness (QED) is 0.679. The van der Waals surface area contributed by atoms with Gasteiger partial charge in [-0.1, -0.05) is 0 Å². The Morgan fingerprint density at radius 2 is 2.27 bits per heavy atom. The standard InChI is InChI=1S/C19H20N4OS2/c1-12-21-16(10-25-12)18-7-14-9-22(5-3-17(14)26-18)19(24)13-2-4-23-11-20-8-15(23)6-13/h7-8,10-11,13H,2-6,9H2,1H3. The Hall–Kier alpha value is -1.99. The summed E-state index contributed by atoms with van der Waals surface area (Å²) >= 11 is 3.53. The maximum absolute atomic E-state index is 13.1. The van der Waals surface area contributed by atoms with Crippen molar-refractivity contribution < 1.29 is 4.79 Å². The number of thiophene rings is 1. The molecule has 0 saturated heterocycles. The Morgan fingerprint density at radius 1 is 1.35 bits per heavy atom. The molecule has 0 aliphatic carbocycles. The highest BCUT2D eigenvalue weighted by Gasteiger charge is 2.31. The van der Waals surface area contributed by atoms with Crippen molar-refractivity contribution in [3.63, 3.8) is 0 Å². The van der Waals surface area contributed by atoms with E-state index in [4.69, 9.17) is 0 Å². The molecule has 0 fully saturated rings. The predicted molar refractivity (Wildman–Crippen MR) is 103 cm³/mol. The van der Waals surface area contributed by atoms with E-state index < -0.39 is 0 Å². The first-order chi connectivity index (χ1) is 12.7. The molecule has 5 heterocycles. The largest absolute Gasteiger partial charge is 0.338 e. The van der Waals surface area contributed by atoms with Gasteiger partial charge in [-0.2, -0.15) is 0 Å². The van der Waals surface area contributed by atoms with Crippen LogP contribution in [0.25, 0.3) is 10.6 Å². The number of hydrogen-bond acceptors (Lipinski definition) is 5. The highest BCUT2D eigenvalue weighted by atomic mass is 32.1. The average Bonchev–Trinajstić information content (AvgIpc) is 3.38. The molecule has 0 aromatic carbocycles. The van der Waals surface area contributed by atoms with Gasteiger partial charge in [-0.15, -0.1) is 22.7 Å². The summed E-state index contributed by atoms with van der Waals surface area (Å²) in [7, 11) is 0. The van der Waals surface area contributed by atoms with Gasteiger partial charge in [0, 0.05) is 54.1 Å². The molecule has 26 heavy (non-hydrogen) atoms. The van der Waals surface area contributed by atoms with E-state index in [-0.39, 0.29) is 5.92 Å². The van der Waals surface area contributed by atoms with Crippen LogP contribution < -0.4 is 0 Å². The van der Waals surface area contributed by atoms with Gasteiger partial charge < -0.3 is 9.47 Å². The summed E-state index contributed by atoms with van der Waals surface area (Å²) in [6, 6.07) is 2.24. The normalized spacial score (nSPS) is 19.3. The zero-order valence-electron chi connectivity index (χ0n) is 14.6. The molecule has 0 radical (unpaired) electrons. The molecule has 1 amide bonds. The molecule has 5 rings (SSSR count). The van der Waals surface area contributed by atoms with E-state index in [2.05, 4.69) is 30.9 Å². The highest BCUT2D eigenvalue weighted by molar-refractivity contribution is 7.16. The zero-order valence-corrected chi connectivity index (χ0v) is 16.3. The van der Waals surface area contributed by atoms with Crippen LogP contribution in [0.2, 0.25) is 0 Å². The summed E-state index contributed by atoms with van der Waals surface area (Å²) in [6.45, 7) is 4.51. The van der Waals surface area contributed by atoms with Gasteiger partial charge in [0.1, 0.15) is 0 Å². The minimum atomic E-state index is 0.0973. The van der Waals surface area contributed by atoms with Crippen LogP contribution in [0.3, 0.4) is 0 Å². The molecule has 3 aromatic rings. The number of hydrogen-bond donors (Lipinski definition) is 0. The van der Waals surface area contributed by atoms with Gasteiger partial charge in [0.05, 0.1) is 21.9 Å². The van der Waals surface area contributed by atoms with Gasteiger partial charge in [0.25, 0.3) is 0 Å². The number of aromatic nitrogens is 3. The summed E-state index contributed by atoms with van der Waals surface area (Å²) in [5.41, 5.74) is 3.56. The molecule has 0 spiro atoms. The Labute approximate surface area is 160 Å². The van der Waals surface area contributed by atoms with Crippen molar-refractivity contribution in [2.45, 2.75) is 39.3 Å². The minimum absolute atomic E-state index is 0.0973. The van der Waals surface area contributed by atoms with Crippen LogP contribution in [0.15, 0.2) is 24.0 Å². The van der Waals surface area contributed by atoms with Crippen LogP contribution >= 0.6 is 22.7 Å². The molecule has 0 bridgehead atoms. The number of aryl methyl sites for hydroxylation is 2. The summed E-state index contributed by atoms with van der Waals surface area (Å²) in [4.78, 5) is 26.6. The lowest BCUT2D eigenvalue weighted by molar-refractivity contribution is -0.137. The number of thiazole rings is 1. The number of imidazole rings is 1. The number of fused-ring (bicyclic) bond motifs is 2. The molecule has 3 aromatic heterocycles. The van der Waals surface area contributed by atoms with E-state index in [0.29, 0.717) is 5.91 Å². The van der Waals surface area contributed by atoms with Crippen LogP contribution in [-0.2, 0) is 30.7 Å². The Bertz CT molecular complexity index is 970. The fourth-order valence-corrected chi connectivity index (χ4v) is 5.77. The van der Waals surface area contributed by atoms with Crippen molar-refractivity contribution in [3.05, 3.63) is 45.1 Å². The molecular formula is C19H20N4OS2. The van der Waals surface area contributed by atoms with Gasteiger partial charge in [0.2, 0.25) is 5.91 Å². The smallest absolute Gasteiger partial charge is 0.226 e. The van der Waals surface area contributed by atoms with Crippen molar-refractivity contribution in [3.8, 4) is 10.6 Å². The Balaban J connectivity index is 1.33. The Morgan fingerprint density at radius 3 is 3.12 bits per heavy atom. The third-order valence-electron chi connectivity index (χ3n) is 5.37. The van der Waals surface area contributed by atoms with E-state index in [1.165, 1.54) is 21.0 Å². The molecule has 0 saturated carbocycles. The maximum atomic E-state index is 13.1. The second kappa shape index (κ2) is 6.32. The molecule has 2 aliphatic rings. The zero-order chi connectivity index (χ0) is 17.7. The molecule has 134 valence electrons. The monoisotopic (exact) mass is 384 g/mol. The van der Waals surface area contributed by atoms with E-state index in [0.717, 1.165) is 49.6 Å². The maximum Gasteiger partial charge on any atom is 0.226 e. The number of rotatable bonds is 2. The first kappa shape index (κ1) is 16.2. The molecule has 2 aliphatic heterocycles. The predicted octanol–water partition coefficient (Wildman–Crippen LogP) is 3.52. The number of carbonyl (C=O) groups is 1. The van der Waals surface area contributed by atoms with E-state index in [1.807, 2.05) is 30.8 Å². The second-order valence-corrected chi connectivity index (χ2v) is 9.29. The molecule has 0 N–H and O–H groups in total. The van der Waals surface area contributed by atoms with E-state index in [9.17, 15) is 4.79 Å². The first-order valence-corrected chi connectivity index (χ1v) is 10.7. The molecule has 1 unspecified atom stereocenters. The van der Waals surface area contributed by atoms with Crippen molar-refractivity contribution in [1.82, 2.24) is 19.4 Å². The van der Waals surface area contributed by atoms with Crippen molar-refractivity contribution >= 4 is 28.6 Å². The highest BCUT2D eigenvalue weighted by Crippen LogP contribution is 2.36. The lowest BCUT2D eigenvalue weighted by Crippen LogP contribution is -2.41. The van der Waals surface area contributed by atoms with E-state index >= 15 is 0 Å². The minimum Gasteiger partial charge on any atom is -0.338 e. The number of amides is 1. The lowest BCUT2D eigenvalue weighted by atomic mass is 9.94. The fourth-order valence-electron chi connectivity index (χ4n) is 3.96. The molecule has 7 heteroatoms. The fraction of sp³-hybridized carbons (Fsp3) is 0.421. The third kappa shape index (κ3) is 2.79. The van der Waals surface area contributed by atoms with Crippen LogP contribution in [0, 0.1) is 12.8 Å². The van der Waals surface area contributed by atoms with Crippen LogP contribution in [-0.4, -0.2) is 31.9 Å². The van der Waals surface area contributed by atoms with Crippen LogP contribution in [0.4, 0.5) is 0 Å². The van der Waals surface area contributed by atoms with Crippen molar-refractivity contribution in [2.24, 2.45) is 5.92 Å². The summed E-state index contributed by atoms with van der Waals surface area (Å²) in [5, 5.41) is 3.22.